The fraction of sp³-hybridized carbons (Fsp3) is 0.930. The Balaban J connectivity index is 2.43. The van der Waals surface area contributed by atoms with Crippen molar-refractivity contribution in [3.8, 4) is 0 Å². The highest BCUT2D eigenvalue weighted by atomic mass is 16.7. The fourth-order valence-electron chi connectivity index (χ4n) is 7.04. The molecule has 1 rings (SSSR count). The number of rotatable bonds is 36. The maximum absolute atomic E-state index is 13.0. The second-order valence-corrected chi connectivity index (χ2v) is 15.6. The van der Waals surface area contributed by atoms with Crippen molar-refractivity contribution in [3.05, 3.63) is 12.2 Å². The van der Waals surface area contributed by atoms with Crippen molar-refractivity contribution in [2.45, 2.75) is 243 Å². The molecule has 10 nitrogen and oxygen atoms in total. The monoisotopic (exact) mass is 758 g/mol. The minimum Gasteiger partial charge on any atom is -0.394 e. The highest BCUT2D eigenvalue weighted by molar-refractivity contribution is 5.80. The minimum atomic E-state index is -1.60. The first-order chi connectivity index (χ1) is 25.8. The maximum Gasteiger partial charge on any atom is 0.249 e. The number of hydrogen-bond acceptors (Lipinski definition) is 9. The molecule has 8 unspecified atom stereocenters. The third-order valence-electron chi connectivity index (χ3n) is 10.7. The highest BCUT2D eigenvalue weighted by Crippen LogP contribution is 2.23. The SMILES string of the molecule is CCCCCCCC/C=C\CCCCC(O)C(=O)NC(COC1OC(CO)C(O)C(O)C1O)C(O)CCCCCCCCCCCCCCCCCC. The summed E-state index contributed by atoms with van der Waals surface area (Å²) in [5.41, 5.74) is 0. The molecule has 1 fully saturated rings. The van der Waals surface area contributed by atoms with E-state index < -0.39 is 61.5 Å². The average Bonchev–Trinajstić information content (AvgIpc) is 3.16. The van der Waals surface area contributed by atoms with Crippen molar-refractivity contribution in [1.82, 2.24) is 5.32 Å². The van der Waals surface area contributed by atoms with Gasteiger partial charge in [0, 0.05) is 0 Å². The van der Waals surface area contributed by atoms with Gasteiger partial charge in [-0.05, 0) is 38.5 Å². The first kappa shape index (κ1) is 49.9. The molecular formula is C43H83NO9. The Labute approximate surface area is 323 Å². The molecule has 7 N–H and O–H groups in total. The number of carbonyl (C=O) groups excluding carboxylic acids is 1. The van der Waals surface area contributed by atoms with Crippen LogP contribution < -0.4 is 5.32 Å². The fourth-order valence-corrected chi connectivity index (χ4v) is 7.04. The van der Waals surface area contributed by atoms with Gasteiger partial charge in [0.25, 0.3) is 0 Å². The van der Waals surface area contributed by atoms with E-state index in [0.717, 1.165) is 44.9 Å². The number of ether oxygens (including phenoxy) is 2. The molecule has 0 saturated carbocycles. The summed E-state index contributed by atoms with van der Waals surface area (Å²) >= 11 is 0. The van der Waals surface area contributed by atoms with E-state index in [1.165, 1.54) is 116 Å². The number of aliphatic hydroxyl groups excluding tert-OH is 6. The highest BCUT2D eigenvalue weighted by Gasteiger charge is 2.44. The minimum absolute atomic E-state index is 0.259. The van der Waals surface area contributed by atoms with Gasteiger partial charge in [-0.3, -0.25) is 4.79 Å². The third kappa shape index (κ3) is 24.9. The quantitative estimate of drug-likeness (QED) is 0.0252. The van der Waals surface area contributed by atoms with Crippen molar-refractivity contribution >= 4 is 5.91 Å². The van der Waals surface area contributed by atoms with Crippen LogP contribution in [0.1, 0.15) is 194 Å². The third-order valence-corrected chi connectivity index (χ3v) is 10.7. The van der Waals surface area contributed by atoms with E-state index >= 15 is 0 Å². The van der Waals surface area contributed by atoms with E-state index in [2.05, 4.69) is 31.3 Å². The van der Waals surface area contributed by atoms with Crippen LogP contribution in [0.4, 0.5) is 0 Å². The Morgan fingerprint density at radius 3 is 1.55 bits per heavy atom. The lowest BCUT2D eigenvalue weighted by molar-refractivity contribution is -0.302. The molecule has 1 aliphatic rings. The van der Waals surface area contributed by atoms with Crippen LogP contribution in [0.25, 0.3) is 0 Å². The van der Waals surface area contributed by atoms with Gasteiger partial charge >= 0.3 is 0 Å². The summed E-state index contributed by atoms with van der Waals surface area (Å²) in [5.74, 6) is -0.600. The van der Waals surface area contributed by atoms with Crippen molar-refractivity contribution in [2.24, 2.45) is 0 Å². The Hall–Kier alpha value is -1.11. The zero-order valence-electron chi connectivity index (χ0n) is 33.9. The molecule has 10 heteroatoms. The van der Waals surface area contributed by atoms with Crippen LogP contribution in [0, 0.1) is 0 Å². The number of aliphatic hydroxyl groups is 6. The Kier molecular flexibility index (Phi) is 32.2. The average molecular weight is 758 g/mol. The Bertz CT molecular complexity index is 860. The van der Waals surface area contributed by atoms with Gasteiger partial charge in [-0.2, -0.15) is 0 Å². The second-order valence-electron chi connectivity index (χ2n) is 15.6. The van der Waals surface area contributed by atoms with E-state index in [-0.39, 0.29) is 6.61 Å². The van der Waals surface area contributed by atoms with Gasteiger partial charge in [-0.25, -0.2) is 0 Å². The Morgan fingerprint density at radius 1 is 0.623 bits per heavy atom. The number of amides is 1. The summed E-state index contributed by atoms with van der Waals surface area (Å²) < 4.78 is 11.2. The summed E-state index contributed by atoms with van der Waals surface area (Å²) in [7, 11) is 0. The zero-order chi connectivity index (χ0) is 38.9. The number of carbonyl (C=O) groups is 1. The number of unbranched alkanes of at least 4 members (excludes halogenated alkanes) is 23. The van der Waals surface area contributed by atoms with Gasteiger partial charge in [-0.15, -0.1) is 0 Å². The molecule has 0 aromatic rings. The number of hydrogen-bond donors (Lipinski definition) is 7. The number of nitrogens with one attached hydrogen (secondary N) is 1. The number of allylic oxidation sites excluding steroid dienone is 2. The lowest BCUT2D eigenvalue weighted by atomic mass is 9.99. The molecule has 1 aliphatic heterocycles. The molecule has 8 atom stereocenters. The lowest BCUT2D eigenvalue weighted by Gasteiger charge is -2.40. The molecular weight excluding hydrogens is 674 g/mol. The zero-order valence-corrected chi connectivity index (χ0v) is 33.9. The van der Waals surface area contributed by atoms with Gasteiger partial charge in [0.1, 0.15) is 30.5 Å². The van der Waals surface area contributed by atoms with Crippen LogP contribution >= 0.6 is 0 Å². The van der Waals surface area contributed by atoms with Crippen LogP contribution in [0.3, 0.4) is 0 Å². The summed E-state index contributed by atoms with van der Waals surface area (Å²) in [6.45, 7) is 3.64. The first-order valence-corrected chi connectivity index (χ1v) is 22.0. The van der Waals surface area contributed by atoms with Crippen LogP contribution in [0.15, 0.2) is 12.2 Å². The van der Waals surface area contributed by atoms with Crippen molar-refractivity contribution < 1.29 is 44.9 Å². The van der Waals surface area contributed by atoms with Gasteiger partial charge in [0.15, 0.2) is 6.29 Å². The van der Waals surface area contributed by atoms with Crippen LogP contribution in [-0.2, 0) is 14.3 Å². The van der Waals surface area contributed by atoms with Gasteiger partial charge in [0.05, 0.1) is 25.4 Å². The van der Waals surface area contributed by atoms with Crippen LogP contribution in [0.5, 0.6) is 0 Å². The topological polar surface area (TPSA) is 169 Å². The van der Waals surface area contributed by atoms with Crippen molar-refractivity contribution in [3.63, 3.8) is 0 Å². The molecule has 0 aromatic heterocycles. The van der Waals surface area contributed by atoms with Gasteiger partial charge < -0.3 is 45.4 Å². The molecule has 0 spiro atoms. The van der Waals surface area contributed by atoms with Crippen molar-refractivity contribution in [1.29, 1.82) is 0 Å². The molecule has 0 aliphatic carbocycles. The predicted octanol–water partition coefficient (Wildman–Crippen LogP) is 7.53. The summed E-state index contributed by atoms with van der Waals surface area (Å²) in [5, 5.41) is 64.6. The predicted molar refractivity (Wildman–Crippen MR) is 213 cm³/mol. The molecule has 0 bridgehead atoms. The Morgan fingerprint density at radius 2 is 1.06 bits per heavy atom. The van der Waals surface area contributed by atoms with Crippen LogP contribution in [-0.4, -0.2) is 98.7 Å². The summed E-state index contributed by atoms with van der Waals surface area (Å²) in [4.78, 5) is 13.0. The van der Waals surface area contributed by atoms with Crippen molar-refractivity contribution in [2.75, 3.05) is 13.2 Å². The van der Waals surface area contributed by atoms with Gasteiger partial charge in [0.2, 0.25) is 5.91 Å². The van der Waals surface area contributed by atoms with E-state index in [9.17, 15) is 35.4 Å². The van der Waals surface area contributed by atoms with Gasteiger partial charge in [-0.1, -0.05) is 167 Å². The molecule has 1 amide bonds. The first-order valence-electron chi connectivity index (χ1n) is 22.0. The molecule has 314 valence electrons. The molecule has 0 radical (unpaired) electrons. The summed E-state index contributed by atoms with van der Waals surface area (Å²) in [6.07, 6.45) is 26.9. The second kappa shape index (κ2) is 34.2. The van der Waals surface area contributed by atoms with E-state index in [1.54, 1.807) is 0 Å². The van der Waals surface area contributed by atoms with E-state index in [4.69, 9.17) is 9.47 Å². The smallest absolute Gasteiger partial charge is 0.249 e. The van der Waals surface area contributed by atoms with E-state index in [1.807, 2.05) is 0 Å². The molecule has 0 aromatic carbocycles. The normalized spacial score (nSPS) is 22.3. The molecule has 53 heavy (non-hydrogen) atoms. The van der Waals surface area contributed by atoms with E-state index in [0.29, 0.717) is 19.3 Å². The molecule has 1 saturated heterocycles. The standard InChI is InChI=1S/C43H83NO9/c1-3-5-7-9-11-13-15-17-18-19-20-22-23-25-27-29-31-36(46)35(34-52-43-41(50)40(49)39(48)38(33-45)53-43)44-42(51)37(47)32-30-28-26-24-21-16-14-12-10-8-6-4-2/h21,24,35-41,43,45-50H,3-20,22-23,25-34H2,1-2H3,(H,44,51)/b24-21-. The largest absolute Gasteiger partial charge is 0.394 e. The summed E-state index contributed by atoms with van der Waals surface area (Å²) in [6, 6.07) is -0.897. The maximum atomic E-state index is 13.0. The molecule has 1 heterocycles. The lowest BCUT2D eigenvalue weighted by Crippen LogP contribution is -2.60. The van der Waals surface area contributed by atoms with Crippen LogP contribution in [0.2, 0.25) is 0 Å².